The van der Waals surface area contributed by atoms with Crippen molar-refractivity contribution in [3.63, 3.8) is 0 Å². The number of H-pyrrole nitrogens is 1. The highest BCUT2D eigenvalue weighted by molar-refractivity contribution is 8.00. The van der Waals surface area contributed by atoms with Gasteiger partial charge >= 0.3 is 0 Å². The lowest BCUT2D eigenvalue weighted by atomic mass is 10.1. The molecule has 2 aromatic heterocycles. The van der Waals surface area contributed by atoms with E-state index >= 15 is 0 Å². The van der Waals surface area contributed by atoms with E-state index in [1.165, 1.54) is 18.1 Å². The molecule has 3 aromatic rings. The average Bonchev–Trinajstić information content (AvgIpc) is 3.06. The summed E-state index contributed by atoms with van der Waals surface area (Å²) in [6.45, 7) is 2.33. The molecule has 0 unspecified atom stereocenters. The first-order chi connectivity index (χ1) is 12.0. The summed E-state index contributed by atoms with van der Waals surface area (Å²) in [4.78, 5) is 27.7. The Hall–Kier alpha value is -1.83. The first-order valence-corrected chi connectivity index (χ1v) is 9.20. The highest BCUT2D eigenvalue weighted by Gasteiger charge is 2.17. The van der Waals surface area contributed by atoms with Crippen LogP contribution in [0.1, 0.15) is 12.5 Å². The van der Waals surface area contributed by atoms with Gasteiger partial charge in [0.1, 0.15) is 16.9 Å². The van der Waals surface area contributed by atoms with Crippen molar-refractivity contribution in [2.75, 3.05) is 6.54 Å². The minimum atomic E-state index is -0.304. The van der Waals surface area contributed by atoms with Gasteiger partial charge in [0, 0.05) is 16.6 Å². The van der Waals surface area contributed by atoms with Crippen LogP contribution in [0.25, 0.3) is 11.2 Å². The summed E-state index contributed by atoms with van der Waals surface area (Å²) >= 11 is 13.4. The predicted octanol–water partition coefficient (Wildman–Crippen LogP) is 3.50. The van der Waals surface area contributed by atoms with E-state index in [4.69, 9.17) is 23.2 Å². The van der Waals surface area contributed by atoms with Gasteiger partial charge in [-0.2, -0.15) is 0 Å². The largest absolute Gasteiger partial charge is 0.355 e. The molecule has 1 amide bonds. The molecular weight excluding hydrogens is 381 g/mol. The zero-order valence-electron chi connectivity index (χ0n) is 13.3. The molecule has 2 heterocycles. The van der Waals surface area contributed by atoms with Crippen LogP contribution >= 0.6 is 35.0 Å². The molecule has 0 radical (unpaired) electrons. The first-order valence-electron chi connectivity index (χ1n) is 7.57. The van der Waals surface area contributed by atoms with Crippen LogP contribution in [0.2, 0.25) is 10.0 Å². The lowest BCUT2D eigenvalue weighted by Gasteiger charge is -2.12. The van der Waals surface area contributed by atoms with E-state index < -0.39 is 0 Å². The number of aromatic nitrogens is 4. The quantitative estimate of drug-likeness (QED) is 0.492. The first kappa shape index (κ1) is 18.0. The van der Waals surface area contributed by atoms with Crippen molar-refractivity contribution in [3.05, 3.63) is 46.5 Å². The Kier molecular flexibility index (Phi) is 5.78. The highest BCUT2D eigenvalue weighted by atomic mass is 35.5. The van der Waals surface area contributed by atoms with Gasteiger partial charge in [-0.25, -0.2) is 15.0 Å². The summed E-state index contributed by atoms with van der Waals surface area (Å²) in [6, 6.07) is 5.35. The number of nitrogens with one attached hydrogen (secondary N) is 2. The van der Waals surface area contributed by atoms with Crippen molar-refractivity contribution >= 4 is 52.0 Å². The smallest absolute Gasteiger partial charge is 0.233 e. The number of hydrogen-bond acceptors (Lipinski definition) is 5. The van der Waals surface area contributed by atoms with E-state index in [-0.39, 0.29) is 11.2 Å². The standard InChI is InChI=1S/C16H15Cl2N5OS/c1-9(25-16-13-14(21-7-20-13)22-8-23-16)15(24)19-5-4-10-2-3-11(17)6-12(10)18/h2-3,6-9H,4-5H2,1H3,(H,19,24)(H,20,21,22,23)/t9-/m1/s1. The molecule has 0 saturated carbocycles. The number of benzene rings is 1. The molecule has 0 aliphatic heterocycles. The van der Waals surface area contributed by atoms with Gasteiger partial charge in [0.25, 0.3) is 0 Å². The van der Waals surface area contributed by atoms with Crippen LogP contribution in [0.5, 0.6) is 0 Å². The minimum absolute atomic E-state index is 0.0682. The molecular formula is C16H15Cl2N5OS. The van der Waals surface area contributed by atoms with E-state index in [1.807, 2.05) is 13.0 Å². The lowest BCUT2D eigenvalue weighted by Crippen LogP contribution is -2.32. The van der Waals surface area contributed by atoms with Crippen molar-refractivity contribution in [2.45, 2.75) is 23.6 Å². The summed E-state index contributed by atoms with van der Waals surface area (Å²) in [5, 5.41) is 4.51. The third-order valence-corrected chi connectivity index (χ3v) is 5.24. The topological polar surface area (TPSA) is 83.6 Å². The molecule has 130 valence electrons. The van der Waals surface area contributed by atoms with Gasteiger partial charge in [-0.3, -0.25) is 4.79 Å². The van der Waals surface area contributed by atoms with Gasteiger partial charge in [0.2, 0.25) is 5.91 Å². The Balaban J connectivity index is 1.55. The van der Waals surface area contributed by atoms with Crippen LogP contribution in [-0.4, -0.2) is 37.6 Å². The Labute approximate surface area is 158 Å². The second-order valence-electron chi connectivity index (χ2n) is 5.32. The zero-order valence-corrected chi connectivity index (χ0v) is 15.6. The molecule has 0 aliphatic rings. The maximum Gasteiger partial charge on any atom is 0.233 e. The van der Waals surface area contributed by atoms with Crippen molar-refractivity contribution in [1.29, 1.82) is 0 Å². The molecule has 0 spiro atoms. The van der Waals surface area contributed by atoms with Gasteiger partial charge in [0.05, 0.1) is 11.6 Å². The van der Waals surface area contributed by atoms with Gasteiger partial charge in [-0.05, 0) is 31.0 Å². The Morgan fingerprint density at radius 2 is 2.16 bits per heavy atom. The number of carbonyl (C=O) groups excluding carboxylic acids is 1. The molecule has 6 nitrogen and oxygen atoms in total. The fourth-order valence-electron chi connectivity index (χ4n) is 2.24. The Bertz CT molecular complexity index is 901. The number of halogens is 2. The van der Waals surface area contributed by atoms with E-state index in [9.17, 15) is 4.79 Å². The van der Waals surface area contributed by atoms with E-state index in [0.717, 1.165) is 11.1 Å². The maximum absolute atomic E-state index is 12.3. The van der Waals surface area contributed by atoms with Crippen LogP contribution < -0.4 is 5.32 Å². The van der Waals surface area contributed by atoms with Crippen LogP contribution in [-0.2, 0) is 11.2 Å². The SMILES string of the molecule is C[C@@H](Sc1ncnc2nc[nH]c12)C(=O)NCCc1ccc(Cl)cc1Cl. The summed E-state index contributed by atoms with van der Waals surface area (Å²) in [7, 11) is 0. The van der Waals surface area contributed by atoms with Gasteiger partial charge in [-0.1, -0.05) is 41.0 Å². The predicted molar refractivity (Wildman–Crippen MR) is 100 cm³/mol. The zero-order chi connectivity index (χ0) is 17.8. The number of nitrogens with zero attached hydrogens (tertiary/aromatic N) is 3. The van der Waals surface area contributed by atoms with Gasteiger partial charge < -0.3 is 10.3 Å². The van der Waals surface area contributed by atoms with Crippen molar-refractivity contribution < 1.29 is 4.79 Å². The van der Waals surface area contributed by atoms with Crippen LogP contribution in [0, 0.1) is 0 Å². The Morgan fingerprint density at radius 1 is 1.32 bits per heavy atom. The van der Waals surface area contributed by atoms with Crippen molar-refractivity contribution in [1.82, 2.24) is 25.3 Å². The summed E-state index contributed by atoms with van der Waals surface area (Å²) in [5.41, 5.74) is 2.27. The second-order valence-corrected chi connectivity index (χ2v) is 7.49. The Morgan fingerprint density at radius 3 is 2.96 bits per heavy atom. The molecule has 2 N–H and O–H groups in total. The molecule has 25 heavy (non-hydrogen) atoms. The number of hydrogen-bond donors (Lipinski definition) is 2. The molecule has 1 atom stereocenters. The third kappa shape index (κ3) is 4.42. The third-order valence-electron chi connectivity index (χ3n) is 3.55. The van der Waals surface area contributed by atoms with Crippen molar-refractivity contribution in [3.8, 4) is 0 Å². The second kappa shape index (κ2) is 8.03. The number of amides is 1. The number of fused-ring (bicyclic) bond motifs is 1. The summed E-state index contributed by atoms with van der Waals surface area (Å²) in [6.07, 6.45) is 3.64. The minimum Gasteiger partial charge on any atom is -0.355 e. The summed E-state index contributed by atoms with van der Waals surface area (Å²) in [5.74, 6) is -0.0682. The monoisotopic (exact) mass is 395 g/mol. The van der Waals surface area contributed by atoms with Crippen LogP contribution in [0.15, 0.2) is 35.9 Å². The molecule has 9 heteroatoms. The molecule has 0 fully saturated rings. The molecule has 3 rings (SSSR count). The van der Waals surface area contributed by atoms with E-state index in [2.05, 4.69) is 25.3 Å². The van der Waals surface area contributed by atoms with Gasteiger partial charge in [0.15, 0.2) is 5.65 Å². The average molecular weight is 396 g/mol. The van der Waals surface area contributed by atoms with Crippen molar-refractivity contribution in [2.24, 2.45) is 0 Å². The number of rotatable bonds is 6. The number of carbonyl (C=O) groups is 1. The molecule has 0 aliphatic carbocycles. The van der Waals surface area contributed by atoms with E-state index in [1.54, 1.807) is 18.5 Å². The highest BCUT2D eigenvalue weighted by Crippen LogP contribution is 2.26. The maximum atomic E-state index is 12.3. The number of aromatic amines is 1. The van der Waals surface area contributed by atoms with Gasteiger partial charge in [-0.15, -0.1) is 0 Å². The van der Waals surface area contributed by atoms with Crippen LogP contribution in [0.4, 0.5) is 0 Å². The molecule has 1 aromatic carbocycles. The van der Waals surface area contributed by atoms with Crippen LogP contribution in [0.3, 0.4) is 0 Å². The normalized spacial score (nSPS) is 12.3. The fraction of sp³-hybridized carbons (Fsp3) is 0.250. The lowest BCUT2D eigenvalue weighted by molar-refractivity contribution is -0.120. The molecule has 0 saturated heterocycles. The molecule has 0 bridgehead atoms. The number of imidazole rings is 1. The van der Waals surface area contributed by atoms with E-state index in [0.29, 0.717) is 33.7 Å². The summed E-state index contributed by atoms with van der Waals surface area (Å²) < 4.78 is 0. The number of thioether (sulfide) groups is 1. The fourth-order valence-corrected chi connectivity index (χ4v) is 3.65.